The zero-order valence-electron chi connectivity index (χ0n) is 18.2. The molecule has 0 fully saturated rings. The third-order valence-electron chi connectivity index (χ3n) is 5.04. The fraction of sp³-hybridized carbons (Fsp3) is 0.304. The van der Waals surface area contributed by atoms with E-state index < -0.39 is 0 Å². The quantitative estimate of drug-likeness (QED) is 0.583. The van der Waals surface area contributed by atoms with Gasteiger partial charge in [0.1, 0.15) is 5.75 Å². The van der Waals surface area contributed by atoms with Crippen LogP contribution in [0.3, 0.4) is 0 Å². The summed E-state index contributed by atoms with van der Waals surface area (Å²) in [5.41, 5.74) is 3.00. The molecule has 0 saturated heterocycles. The van der Waals surface area contributed by atoms with Gasteiger partial charge in [0.05, 0.1) is 18.5 Å². The van der Waals surface area contributed by atoms with Crippen molar-refractivity contribution in [1.29, 1.82) is 0 Å². The summed E-state index contributed by atoms with van der Waals surface area (Å²) < 4.78 is 6.84. The van der Waals surface area contributed by atoms with Crippen LogP contribution in [0, 0.1) is 6.92 Å². The zero-order chi connectivity index (χ0) is 22.4. The lowest BCUT2D eigenvalue weighted by atomic mass is 10.1. The van der Waals surface area contributed by atoms with Crippen LogP contribution in [0.15, 0.2) is 48.5 Å². The number of aromatic nitrogens is 3. The number of carbonyl (C=O) groups excluding carboxylic acids is 2. The lowest BCUT2D eigenvalue weighted by Crippen LogP contribution is -2.32. The molecule has 1 heterocycles. The van der Waals surface area contributed by atoms with Gasteiger partial charge >= 0.3 is 0 Å². The summed E-state index contributed by atoms with van der Waals surface area (Å²) in [6.45, 7) is 6.04. The van der Waals surface area contributed by atoms with Crippen molar-refractivity contribution in [3.63, 3.8) is 0 Å². The van der Waals surface area contributed by atoms with Crippen molar-refractivity contribution in [2.24, 2.45) is 0 Å². The Hall–Kier alpha value is -3.68. The van der Waals surface area contributed by atoms with Crippen LogP contribution in [0.25, 0.3) is 5.69 Å². The SMILES string of the molecule is CCC(C)NC(=O)c1cccc(CNC(=O)c2nnn(-c3cccc(OC)c3)c2C)c1. The van der Waals surface area contributed by atoms with Gasteiger partial charge in [0, 0.05) is 24.2 Å². The first-order valence-electron chi connectivity index (χ1n) is 10.2. The molecule has 0 spiro atoms. The van der Waals surface area contributed by atoms with Crippen molar-refractivity contribution < 1.29 is 14.3 Å². The standard InChI is InChI=1S/C23H27N5O3/c1-5-15(2)25-22(29)18-9-6-8-17(12-18)14-24-23(30)21-16(3)28(27-26-21)19-10-7-11-20(13-19)31-4/h6-13,15H,5,14H2,1-4H3,(H,24,30)(H,25,29). The molecule has 3 rings (SSSR count). The maximum absolute atomic E-state index is 12.7. The minimum atomic E-state index is -0.332. The van der Waals surface area contributed by atoms with Crippen LogP contribution in [0.2, 0.25) is 0 Å². The van der Waals surface area contributed by atoms with Gasteiger partial charge in [0.2, 0.25) is 0 Å². The van der Waals surface area contributed by atoms with Gasteiger partial charge in [-0.2, -0.15) is 0 Å². The Kier molecular flexibility index (Phi) is 7.02. The number of hydrogen-bond acceptors (Lipinski definition) is 5. The summed E-state index contributed by atoms with van der Waals surface area (Å²) in [5.74, 6) is 0.233. The maximum atomic E-state index is 12.7. The Bertz CT molecular complexity index is 1080. The average molecular weight is 422 g/mol. The molecule has 2 aromatic carbocycles. The zero-order valence-corrected chi connectivity index (χ0v) is 18.2. The monoisotopic (exact) mass is 421 g/mol. The van der Waals surface area contributed by atoms with Crippen molar-refractivity contribution in [3.8, 4) is 11.4 Å². The van der Waals surface area contributed by atoms with E-state index >= 15 is 0 Å². The van der Waals surface area contributed by atoms with Crippen LogP contribution in [0.4, 0.5) is 0 Å². The van der Waals surface area contributed by atoms with Gasteiger partial charge in [-0.1, -0.05) is 30.3 Å². The number of hydrogen-bond donors (Lipinski definition) is 2. The van der Waals surface area contributed by atoms with E-state index in [9.17, 15) is 9.59 Å². The molecular weight excluding hydrogens is 394 g/mol. The van der Waals surface area contributed by atoms with E-state index in [4.69, 9.17) is 4.74 Å². The second-order valence-electron chi connectivity index (χ2n) is 7.30. The number of nitrogens with zero attached hydrogens (tertiary/aromatic N) is 3. The molecule has 0 aliphatic carbocycles. The molecule has 8 nitrogen and oxygen atoms in total. The highest BCUT2D eigenvalue weighted by molar-refractivity contribution is 5.95. The molecule has 0 aliphatic rings. The number of nitrogens with one attached hydrogen (secondary N) is 2. The van der Waals surface area contributed by atoms with Gasteiger partial charge in [-0.05, 0) is 50.1 Å². The first kappa shape index (κ1) is 22.0. The number of methoxy groups -OCH3 is 1. The number of carbonyl (C=O) groups is 2. The van der Waals surface area contributed by atoms with Crippen molar-refractivity contribution in [2.45, 2.75) is 39.8 Å². The van der Waals surface area contributed by atoms with E-state index in [0.717, 1.165) is 17.7 Å². The molecule has 1 unspecified atom stereocenters. The predicted molar refractivity (Wildman–Crippen MR) is 117 cm³/mol. The summed E-state index contributed by atoms with van der Waals surface area (Å²) in [7, 11) is 1.59. The minimum Gasteiger partial charge on any atom is -0.497 e. The predicted octanol–water partition coefficient (Wildman–Crippen LogP) is 3.04. The second kappa shape index (κ2) is 9.88. The number of rotatable bonds is 8. The normalized spacial score (nSPS) is 11.6. The third kappa shape index (κ3) is 5.28. The van der Waals surface area contributed by atoms with Crippen molar-refractivity contribution in [1.82, 2.24) is 25.6 Å². The summed E-state index contributed by atoms with van der Waals surface area (Å²) in [4.78, 5) is 25.0. The van der Waals surface area contributed by atoms with Crippen molar-refractivity contribution in [3.05, 3.63) is 71.0 Å². The highest BCUT2D eigenvalue weighted by Crippen LogP contribution is 2.18. The van der Waals surface area contributed by atoms with Gasteiger partial charge in [-0.25, -0.2) is 4.68 Å². The summed E-state index contributed by atoms with van der Waals surface area (Å²) in [6, 6.07) is 14.7. The van der Waals surface area contributed by atoms with E-state index in [1.165, 1.54) is 0 Å². The minimum absolute atomic E-state index is 0.103. The molecule has 3 aromatic rings. The largest absolute Gasteiger partial charge is 0.497 e. The molecule has 0 radical (unpaired) electrons. The van der Waals surface area contributed by atoms with E-state index in [0.29, 0.717) is 17.0 Å². The summed E-state index contributed by atoms with van der Waals surface area (Å²) in [6.07, 6.45) is 0.858. The van der Waals surface area contributed by atoms with E-state index in [-0.39, 0.29) is 30.1 Å². The molecular formula is C23H27N5O3. The number of amides is 2. The lowest BCUT2D eigenvalue weighted by Gasteiger charge is -2.12. The fourth-order valence-electron chi connectivity index (χ4n) is 3.02. The van der Waals surface area contributed by atoms with E-state index in [1.54, 1.807) is 36.9 Å². The number of ether oxygens (including phenoxy) is 1. The Labute approximate surface area is 181 Å². The molecule has 162 valence electrons. The van der Waals surface area contributed by atoms with Crippen molar-refractivity contribution in [2.75, 3.05) is 7.11 Å². The van der Waals surface area contributed by atoms with E-state index in [2.05, 4.69) is 20.9 Å². The van der Waals surface area contributed by atoms with Gasteiger partial charge in [-0.15, -0.1) is 5.10 Å². The second-order valence-corrected chi connectivity index (χ2v) is 7.30. The molecule has 1 aromatic heterocycles. The van der Waals surface area contributed by atoms with Gasteiger partial charge < -0.3 is 15.4 Å². The number of benzene rings is 2. The molecule has 2 amide bonds. The highest BCUT2D eigenvalue weighted by atomic mass is 16.5. The Morgan fingerprint density at radius 3 is 2.65 bits per heavy atom. The van der Waals surface area contributed by atoms with Crippen LogP contribution in [-0.4, -0.2) is 40.0 Å². The van der Waals surface area contributed by atoms with Crippen LogP contribution < -0.4 is 15.4 Å². The molecule has 0 aliphatic heterocycles. The van der Waals surface area contributed by atoms with Gasteiger partial charge in [0.15, 0.2) is 5.69 Å². The Morgan fingerprint density at radius 1 is 1.13 bits per heavy atom. The summed E-state index contributed by atoms with van der Waals surface area (Å²) in [5, 5.41) is 13.9. The van der Waals surface area contributed by atoms with Gasteiger partial charge in [0.25, 0.3) is 11.8 Å². The average Bonchev–Trinajstić information content (AvgIpc) is 3.18. The molecule has 31 heavy (non-hydrogen) atoms. The van der Waals surface area contributed by atoms with Crippen molar-refractivity contribution >= 4 is 11.8 Å². The maximum Gasteiger partial charge on any atom is 0.274 e. The van der Waals surface area contributed by atoms with Crippen LogP contribution in [0.1, 0.15) is 52.4 Å². The molecule has 0 saturated carbocycles. The Balaban J connectivity index is 1.68. The highest BCUT2D eigenvalue weighted by Gasteiger charge is 2.18. The van der Waals surface area contributed by atoms with E-state index in [1.807, 2.05) is 44.2 Å². The molecule has 8 heteroatoms. The molecule has 1 atom stereocenters. The van der Waals surface area contributed by atoms with Crippen LogP contribution in [0.5, 0.6) is 5.75 Å². The molecule has 0 bridgehead atoms. The Morgan fingerprint density at radius 2 is 1.90 bits per heavy atom. The topological polar surface area (TPSA) is 98.1 Å². The van der Waals surface area contributed by atoms with Crippen LogP contribution in [-0.2, 0) is 6.54 Å². The smallest absolute Gasteiger partial charge is 0.274 e. The lowest BCUT2D eigenvalue weighted by molar-refractivity contribution is 0.0935. The van der Waals surface area contributed by atoms with Gasteiger partial charge in [-0.3, -0.25) is 9.59 Å². The fourth-order valence-corrected chi connectivity index (χ4v) is 3.02. The molecule has 2 N–H and O–H groups in total. The van der Waals surface area contributed by atoms with Crippen LogP contribution >= 0.6 is 0 Å². The third-order valence-corrected chi connectivity index (χ3v) is 5.04. The first-order valence-corrected chi connectivity index (χ1v) is 10.2. The summed E-state index contributed by atoms with van der Waals surface area (Å²) >= 11 is 0. The first-order chi connectivity index (χ1) is 14.9.